The third-order valence-electron chi connectivity index (χ3n) is 6.50. The Morgan fingerprint density at radius 2 is 2.03 bits per heavy atom. The zero-order chi connectivity index (χ0) is 22.8. The monoisotopic (exact) mass is 439 g/mol. The highest BCUT2D eigenvalue weighted by Crippen LogP contribution is 2.33. The first kappa shape index (κ1) is 23.5. The van der Waals surface area contributed by atoms with Crippen molar-refractivity contribution >= 4 is 23.0 Å². The Hall–Kier alpha value is -2.13. The molecule has 2 fully saturated rings. The molecule has 2 aliphatic rings. The molecule has 172 valence electrons. The number of nitrogens with two attached hydrogens (primary N) is 1. The van der Waals surface area contributed by atoms with Gasteiger partial charge in [0.25, 0.3) is 0 Å². The fourth-order valence-electron chi connectivity index (χ4n) is 4.60. The van der Waals surface area contributed by atoms with Crippen LogP contribution in [0.2, 0.25) is 0 Å². The quantitative estimate of drug-likeness (QED) is 0.469. The largest absolute Gasteiger partial charge is 0.403 e. The molecule has 3 unspecified atom stereocenters. The Kier molecular flexibility index (Phi) is 7.26. The average molecular weight is 440 g/mol. The second kappa shape index (κ2) is 9.56. The zero-order valence-corrected chi connectivity index (χ0v) is 18.1. The first-order valence-electron chi connectivity index (χ1n) is 11.0. The lowest BCUT2D eigenvalue weighted by atomic mass is 9.84. The van der Waals surface area contributed by atoms with Crippen molar-refractivity contribution in [3.8, 4) is 0 Å². The number of carbonyl (C=O) groups is 1. The fraction of sp³-hybridized carbons (Fsp3) is 0.636. The Balaban J connectivity index is 1.80. The minimum atomic E-state index is -4.34. The molecule has 3 rings (SSSR count). The number of amides is 1. The number of alkyl halides is 3. The van der Waals surface area contributed by atoms with E-state index in [1.807, 2.05) is 6.92 Å². The first-order chi connectivity index (χ1) is 14.7. The van der Waals surface area contributed by atoms with E-state index in [1.54, 1.807) is 23.1 Å². The number of anilines is 2. The molecule has 0 spiro atoms. The zero-order valence-electron chi connectivity index (χ0n) is 18.1. The highest BCUT2D eigenvalue weighted by atomic mass is 19.4. The Morgan fingerprint density at radius 1 is 1.29 bits per heavy atom. The molecule has 0 aliphatic carbocycles. The van der Waals surface area contributed by atoms with Gasteiger partial charge < -0.3 is 26.3 Å². The van der Waals surface area contributed by atoms with Crippen molar-refractivity contribution in [2.75, 3.05) is 43.4 Å². The lowest BCUT2D eigenvalue weighted by Crippen LogP contribution is -2.49. The maximum absolute atomic E-state index is 13.2. The number of halogens is 3. The van der Waals surface area contributed by atoms with E-state index < -0.39 is 18.1 Å². The molecule has 0 saturated carbocycles. The number of nitrogen functional groups attached to an aromatic ring is 1. The lowest BCUT2D eigenvalue weighted by Gasteiger charge is -2.32. The van der Waals surface area contributed by atoms with Crippen LogP contribution >= 0.6 is 0 Å². The first-order valence-corrected chi connectivity index (χ1v) is 11.0. The van der Waals surface area contributed by atoms with Crippen LogP contribution in [0.1, 0.15) is 38.7 Å². The molecular weight excluding hydrogens is 407 g/mol. The summed E-state index contributed by atoms with van der Waals surface area (Å²) in [6.45, 7) is 7.19. The van der Waals surface area contributed by atoms with Gasteiger partial charge in [-0.2, -0.15) is 13.2 Å². The van der Waals surface area contributed by atoms with Gasteiger partial charge in [0.05, 0.1) is 5.92 Å². The summed E-state index contributed by atoms with van der Waals surface area (Å²) < 4.78 is 39.5. The van der Waals surface area contributed by atoms with Crippen LogP contribution in [-0.4, -0.2) is 61.5 Å². The number of piperidine rings is 1. The number of nitrogens with one attached hydrogen (secondary N) is 2. The third-order valence-corrected chi connectivity index (χ3v) is 6.50. The summed E-state index contributed by atoms with van der Waals surface area (Å²) in [7, 11) is 0. The Morgan fingerprint density at radius 3 is 2.65 bits per heavy atom. The van der Waals surface area contributed by atoms with Crippen molar-refractivity contribution in [3.05, 3.63) is 23.8 Å². The second-order valence-corrected chi connectivity index (χ2v) is 8.42. The predicted molar refractivity (Wildman–Crippen MR) is 117 cm³/mol. The Bertz CT molecular complexity index is 813. The maximum Gasteiger partial charge on any atom is 0.403 e. The highest BCUT2D eigenvalue weighted by molar-refractivity contribution is 6.06. The van der Waals surface area contributed by atoms with Crippen LogP contribution in [-0.2, 0) is 4.79 Å². The molecule has 1 aromatic rings. The summed E-state index contributed by atoms with van der Waals surface area (Å²) in [6.07, 6.45) is -3.27. The molecule has 4 N–H and O–H groups in total. The van der Waals surface area contributed by atoms with Gasteiger partial charge in [-0.25, -0.2) is 0 Å². The summed E-state index contributed by atoms with van der Waals surface area (Å²) in [6, 6.07) is 3.47. The summed E-state index contributed by atoms with van der Waals surface area (Å²) in [5, 5.41) is 11.1. The number of nitrogens with zero attached hydrogens (tertiary/aromatic N) is 2. The molecule has 6 nitrogen and oxygen atoms in total. The van der Waals surface area contributed by atoms with Crippen LogP contribution in [0.5, 0.6) is 0 Å². The van der Waals surface area contributed by atoms with Crippen LogP contribution in [0.3, 0.4) is 0 Å². The van der Waals surface area contributed by atoms with Gasteiger partial charge in [0.2, 0.25) is 5.91 Å². The average Bonchev–Trinajstić information content (AvgIpc) is 3.23. The fourth-order valence-corrected chi connectivity index (χ4v) is 4.60. The smallest absolute Gasteiger partial charge is 0.398 e. The minimum Gasteiger partial charge on any atom is -0.398 e. The second-order valence-electron chi connectivity index (χ2n) is 8.42. The van der Waals surface area contributed by atoms with Gasteiger partial charge in [-0.15, -0.1) is 0 Å². The molecule has 3 atom stereocenters. The SMILES string of the molecule is CCN1CCC(C(=O)N(CC)c2ccc(N)c(C(=N)C3CCNC(C(F)(F)F)C3)c2)C1. The number of likely N-dealkylation sites (tertiary alicyclic amines) is 1. The van der Waals surface area contributed by atoms with Gasteiger partial charge in [-0.1, -0.05) is 6.92 Å². The van der Waals surface area contributed by atoms with Gasteiger partial charge in [0, 0.05) is 41.7 Å². The third kappa shape index (κ3) is 5.20. The van der Waals surface area contributed by atoms with Gasteiger partial charge >= 0.3 is 6.18 Å². The van der Waals surface area contributed by atoms with Crippen molar-refractivity contribution in [2.45, 2.75) is 45.3 Å². The molecule has 9 heteroatoms. The number of rotatable bonds is 6. The number of carbonyl (C=O) groups excluding carboxylic acids is 1. The Labute approximate surface area is 181 Å². The van der Waals surface area contributed by atoms with E-state index in [2.05, 4.69) is 17.1 Å². The van der Waals surface area contributed by atoms with Gasteiger partial charge in [-0.05, 0) is 64.0 Å². The normalized spacial score (nSPS) is 24.9. The van der Waals surface area contributed by atoms with Gasteiger partial charge in [0.1, 0.15) is 6.04 Å². The molecule has 0 radical (unpaired) electrons. The van der Waals surface area contributed by atoms with E-state index in [0.29, 0.717) is 29.9 Å². The number of benzene rings is 1. The van der Waals surface area contributed by atoms with Gasteiger partial charge in [-0.3, -0.25) is 4.79 Å². The summed E-state index contributed by atoms with van der Waals surface area (Å²) in [4.78, 5) is 17.1. The van der Waals surface area contributed by atoms with Crippen molar-refractivity contribution in [1.82, 2.24) is 10.2 Å². The summed E-state index contributed by atoms with van der Waals surface area (Å²) >= 11 is 0. The van der Waals surface area contributed by atoms with E-state index in [9.17, 15) is 18.0 Å². The standard InChI is InChI=1S/C22H32F3N5O/c1-3-29-10-8-15(13-29)21(31)30(4-2)16-5-6-18(26)17(12-16)20(27)14-7-9-28-19(11-14)22(23,24)25/h5-6,12,14-15,19,27-28H,3-4,7-11,13,26H2,1-2H3. The highest BCUT2D eigenvalue weighted by Gasteiger charge is 2.43. The van der Waals surface area contributed by atoms with Crippen LogP contribution in [0.25, 0.3) is 0 Å². The van der Waals surface area contributed by atoms with Crippen molar-refractivity contribution in [3.63, 3.8) is 0 Å². The molecule has 2 heterocycles. The van der Waals surface area contributed by atoms with Crippen molar-refractivity contribution in [1.29, 1.82) is 5.41 Å². The topological polar surface area (TPSA) is 85.5 Å². The molecule has 1 amide bonds. The molecule has 0 aromatic heterocycles. The molecular formula is C22H32F3N5O. The summed E-state index contributed by atoms with van der Waals surface area (Å²) in [5.41, 5.74) is 7.61. The lowest BCUT2D eigenvalue weighted by molar-refractivity contribution is -0.161. The van der Waals surface area contributed by atoms with Crippen molar-refractivity contribution < 1.29 is 18.0 Å². The van der Waals surface area contributed by atoms with E-state index in [4.69, 9.17) is 11.1 Å². The van der Waals surface area contributed by atoms with Gasteiger partial charge in [0.15, 0.2) is 0 Å². The molecule has 1 aromatic carbocycles. The van der Waals surface area contributed by atoms with Crippen LogP contribution < -0.4 is 16.0 Å². The maximum atomic E-state index is 13.2. The van der Waals surface area contributed by atoms with Crippen LogP contribution in [0.4, 0.5) is 24.5 Å². The van der Waals surface area contributed by atoms with Crippen LogP contribution in [0, 0.1) is 17.2 Å². The van der Waals surface area contributed by atoms with E-state index >= 15 is 0 Å². The van der Waals surface area contributed by atoms with Crippen LogP contribution in [0.15, 0.2) is 18.2 Å². The molecule has 0 bridgehead atoms. The molecule has 31 heavy (non-hydrogen) atoms. The number of hydrogen-bond donors (Lipinski definition) is 3. The van der Waals surface area contributed by atoms with Crippen molar-refractivity contribution in [2.24, 2.45) is 11.8 Å². The molecule has 2 saturated heterocycles. The van der Waals surface area contributed by atoms with E-state index in [0.717, 1.165) is 26.1 Å². The summed E-state index contributed by atoms with van der Waals surface area (Å²) in [5.74, 6) is -0.568. The number of hydrogen-bond acceptors (Lipinski definition) is 5. The predicted octanol–water partition coefficient (Wildman–Crippen LogP) is 3.26. The minimum absolute atomic E-state index is 0.0414. The van der Waals surface area contributed by atoms with E-state index in [-0.39, 0.29) is 30.5 Å². The van der Waals surface area contributed by atoms with E-state index in [1.165, 1.54) is 0 Å². The molecule has 2 aliphatic heterocycles.